The Morgan fingerprint density at radius 1 is 0.788 bits per heavy atom. The molecule has 0 atom stereocenters. The van der Waals surface area contributed by atoms with E-state index >= 15 is 0 Å². The number of hydrogen-bond acceptors (Lipinski definition) is 10. The standard InChI is InChI=1S/C23H23N7O3/c31-20-17-6-2-4-15-3-1-5-16(18(15)17)19(20)27-28-21-24-22(29-7-11-32-12-8-29)26-23(25-21)30-9-13-33-14-10-30/h1-6H,7-14H2,(H,24,25,26,28)/b27-19-. The summed E-state index contributed by atoms with van der Waals surface area (Å²) in [6.07, 6.45) is 0. The van der Waals surface area contributed by atoms with Crippen LogP contribution >= 0.6 is 0 Å². The van der Waals surface area contributed by atoms with Gasteiger partial charge < -0.3 is 19.3 Å². The van der Waals surface area contributed by atoms with E-state index in [-0.39, 0.29) is 5.78 Å². The molecule has 1 N–H and O–H groups in total. The maximum Gasteiger partial charge on any atom is 0.250 e. The summed E-state index contributed by atoms with van der Waals surface area (Å²) < 4.78 is 10.9. The third-order valence-electron chi connectivity index (χ3n) is 6.09. The third-order valence-corrected chi connectivity index (χ3v) is 6.09. The highest BCUT2D eigenvalue weighted by molar-refractivity contribution is 6.59. The lowest BCUT2D eigenvalue weighted by atomic mass is 10.1. The van der Waals surface area contributed by atoms with Crippen molar-refractivity contribution in [2.24, 2.45) is 5.10 Å². The third kappa shape index (κ3) is 3.66. The fraction of sp³-hybridized carbons (Fsp3) is 0.348. The van der Waals surface area contributed by atoms with Crippen LogP contribution in [-0.2, 0) is 9.47 Å². The van der Waals surface area contributed by atoms with E-state index in [1.165, 1.54) is 0 Å². The van der Waals surface area contributed by atoms with Gasteiger partial charge in [0.25, 0.3) is 0 Å². The predicted molar refractivity (Wildman–Crippen MR) is 124 cm³/mol. The quantitative estimate of drug-likeness (QED) is 0.601. The number of ether oxygens (including phenoxy) is 2. The Labute approximate surface area is 190 Å². The number of nitrogens with zero attached hydrogens (tertiary/aromatic N) is 6. The number of anilines is 3. The summed E-state index contributed by atoms with van der Waals surface area (Å²) in [4.78, 5) is 31.1. The molecular formula is C23H23N7O3. The smallest absolute Gasteiger partial charge is 0.250 e. The summed E-state index contributed by atoms with van der Waals surface area (Å²) in [5.74, 6) is 1.34. The number of nitrogens with one attached hydrogen (secondary N) is 1. The van der Waals surface area contributed by atoms with Gasteiger partial charge in [0.05, 0.1) is 26.4 Å². The van der Waals surface area contributed by atoms with Crippen molar-refractivity contribution in [3.8, 4) is 0 Å². The van der Waals surface area contributed by atoms with Gasteiger partial charge in [0.15, 0.2) is 0 Å². The molecule has 2 aliphatic heterocycles. The molecule has 0 amide bonds. The van der Waals surface area contributed by atoms with Gasteiger partial charge in [-0.25, -0.2) is 5.43 Å². The maximum absolute atomic E-state index is 13.1. The Kier molecular flexibility index (Phi) is 5.08. The van der Waals surface area contributed by atoms with Crippen molar-refractivity contribution in [3.05, 3.63) is 47.5 Å². The molecule has 10 nitrogen and oxygen atoms in total. The summed E-state index contributed by atoms with van der Waals surface area (Å²) in [5.41, 5.74) is 4.79. The molecule has 0 spiro atoms. The molecule has 33 heavy (non-hydrogen) atoms. The maximum atomic E-state index is 13.1. The zero-order chi connectivity index (χ0) is 22.2. The van der Waals surface area contributed by atoms with Gasteiger partial charge in [-0.3, -0.25) is 4.79 Å². The molecule has 2 saturated heterocycles. The molecule has 2 fully saturated rings. The fourth-order valence-corrected chi connectivity index (χ4v) is 4.41. The number of carbonyl (C=O) groups excluding carboxylic acids is 1. The molecule has 0 radical (unpaired) electrons. The number of hydrogen-bond donors (Lipinski definition) is 1. The minimum Gasteiger partial charge on any atom is -0.378 e. The summed E-state index contributed by atoms with van der Waals surface area (Å²) in [6, 6.07) is 11.6. The lowest BCUT2D eigenvalue weighted by Gasteiger charge is -2.30. The zero-order valence-electron chi connectivity index (χ0n) is 18.0. The van der Waals surface area contributed by atoms with Crippen LogP contribution in [0.1, 0.15) is 15.9 Å². The highest BCUT2D eigenvalue weighted by Crippen LogP contribution is 2.31. The molecule has 3 heterocycles. The lowest BCUT2D eigenvalue weighted by Crippen LogP contribution is -2.40. The number of carbonyl (C=O) groups is 1. The van der Waals surface area contributed by atoms with Crippen molar-refractivity contribution in [1.29, 1.82) is 0 Å². The van der Waals surface area contributed by atoms with Gasteiger partial charge >= 0.3 is 0 Å². The number of hydrazone groups is 1. The van der Waals surface area contributed by atoms with Crippen LogP contribution in [-0.4, -0.2) is 79.1 Å². The van der Waals surface area contributed by atoms with Gasteiger partial charge in [-0.2, -0.15) is 20.1 Å². The fourth-order valence-electron chi connectivity index (χ4n) is 4.41. The second-order valence-corrected chi connectivity index (χ2v) is 8.07. The Hall–Kier alpha value is -3.63. The van der Waals surface area contributed by atoms with E-state index in [4.69, 9.17) is 14.5 Å². The Morgan fingerprint density at radius 3 is 1.97 bits per heavy atom. The van der Waals surface area contributed by atoms with Crippen LogP contribution in [0.25, 0.3) is 10.8 Å². The van der Waals surface area contributed by atoms with Crippen LogP contribution in [0.5, 0.6) is 0 Å². The largest absolute Gasteiger partial charge is 0.378 e. The van der Waals surface area contributed by atoms with E-state index in [2.05, 4.69) is 30.3 Å². The van der Waals surface area contributed by atoms with Crippen LogP contribution < -0.4 is 15.2 Å². The van der Waals surface area contributed by atoms with Gasteiger partial charge in [-0.1, -0.05) is 36.4 Å². The molecule has 3 aromatic rings. The minimum atomic E-state index is -0.106. The molecule has 0 unspecified atom stereocenters. The minimum absolute atomic E-state index is 0.106. The van der Waals surface area contributed by atoms with Crippen molar-refractivity contribution in [2.45, 2.75) is 0 Å². The molecule has 6 rings (SSSR count). The Bertz CT molecular complexity index is 1210. The van der Waals surface area contributed by atoms with E-state index in [0.717, 1.165) is 16.3 Å². The first kappa shape index (κ1) is 20.0. The lowest BCUT2D eigenvalue weighted by molar-refractivity contribution is 0.107. The number of rotatable bonds is 4. The number of morpholine rings is 2. The van der Waals surface area contributed by atoms with Crippen LogP contribution in [0.4, 0.5) is 17.8 Å². The van der Waals surface area contributed by atoms with Crippen LogP contribution in [0, 0.1) is 0 Å². The first-order chi connectivity index (χ1) is 16.3. The predicted octanol–water partition coefficient (Wildman–Crippen LogP) is 1.71. The molecule has 168 valence electrons. The zero-order valence-corrected chi connectivity index (χ0v) is 18.0. The second kappa shape index (κ2) is 8.38. The number of Topliss-reactive ketones (excluding diaryl/α,β-unsaturated/α-hetero) is 1. The summed E-state index contributed by atoms with van der Waals surface area (Å²) in [5, 5.41) is 6.42. The number of ketones is 1. The van der Waals surface area contributed by atoms with E-state index in [9.17, 15) is 4.79 Å². The van der Waals surface area contributed by atoms with Gasteiger partial charge in [0.2, 0.25) is 23.6 Å². The van der Waals surface area contributed by atoms with E-state index < -0.39 is 0 Å². The van der Waals surface area contributed by atoms with Crippen LogP contribution in [0.2, 0.25) is 0 Å². The topological polar surface area (TPSA) is 105 Å². The molecule has 1 aliphatic carbocycles. The SMILES string of the molecule is O=C1/C(=N\Nc2nc(N3CCOCC3)nc(N3CCOCC3)n2)c2cccc3cccc1c23. The summed E-state index contributed by atoms with van der Waals surface area (Å²) >= 11 is 0. The molecule has 0 saturated carbocycles. The normalized spacial score (nSPS) is 19.5. The van der Waals surface area contributed by atoms with Crippen molar-refractivity contribution in [1.82, 2.24) is 15.0 Å². The molecular weight excluding hydrogens is 422 g/mol. The second-order valence-electron chi connectivity index (χ2n) is 8.07. The Balaban J connectivity index is 1.35. The molecule has 2 aromatic carbocycles. The van der Waals surface area contributed by atoms with Crippen molar-refractivity contribution in [3.63, 3.8) is 0 Å². The van der Waals surface area contributed by atoms with Crippen molar-refractivity contribution >= 4 is 40.1 Å². The summed E-state index contributed by atoms with van der Waals surface area (Å²) in [6.45, 7) is 5.32. The highest BCUT2D eigenvalue weighted by atomic mass is 16.5. The molecule has 1 aromatic heterocycles. The van der Waals surface area contributed by atoms with Gasteiger partial charge in [-0.05, 0) is 5.39 Å². The number of benzene rings is 2. The van der Waals surface area contributed by atoms with E-state index in [1.807, 2.05) is 36.4 Å². The number of aromatic nitrogens is 3. The van der Waals surface area contributed by atoms with Gasteiger partial charge in [0.1, 0.15) is 5.71 Å². The average molecular weight is 445 g/mol. The van der Waals surface area contributed by atoms with Crippen molar-refractivity contribution < 1.29 is 14.3 Å². The molecule has 3 aliphatic rings. The monoisotopic (exact) mass is 445 g/mol. The van der Waals surface area contributed by atoms with Crippen molar-refractivity contribution in [2.75, 3.05) is 67.8 Å². The highest BCUT2D eigenvalue weighted by Gasteiger charge is 2.29. The first-order valence-corrected chi connectivity index (χ1v) is 11.1. The average Bonchev–Trinajstić information content (AvgIpc) is 3.16. The van der Waals surface area contributed by atoms with Gasteiger partial charge in [-0.15, -0.1) is 0 Å². The van der Waals surface area contributed by atoms with E-state index in [1.54, 1.807) is 0 Å². The van der Waals surface area contributed by atoms with Gasteiger partial charge in [0, 0.05) is 42.7 Å². The summed E-state index contributed by atoms with van der Waals surface area (Å²) in [7, 11) is 0. The van der Waals surface area contributed by atoms with Crippen LogP contribution in [0.3, 0.4) is 0 Å². The first-order valence-electron chi connectivity index (χ1n) is 11.1. The molecule has 0 bridgehead atoms. The Morgan fingerprint density at radius 2 is 1.36 bits per heavy atom. The molecule has 10 heteroatoms. The van der Waals surface area contributed by atoms with Crippen LogP contribution in [0.15, 0.2) is 41.5 Å². The van der Waals surface area contributed by atoms with E-state index in [0.29, 0.717) is 81.7 Å².